The normalized spacial score (nSPS) is 14.8. The molecular weight excluding hydrogens is 358 g/mol. The number of fused-ring (bicyclic) bond motifs is 1. The number of aromatic nitrogens is 4. The van der Waals surface area contributed by atoms with Gasteiger partial charge in [0.1, 0.15) is 17.8 Å². The van der Waals surface area contributed by atoms with Crippen LogP contribution in [-0.2, 0) is 0 Å². The lowest BCUT2D eigenvalue weighted by Gasteiger charge is -2.36. The number of nitro groups is 1. The number of nitrogens with zero attached hydrogens (tertiary/aromatic N) is 7. The summed E-state index contributed by atoms with van der Waals surface area (Å²) in [5.74, 6) is 1.49. The molecule has 1 saturated heterocycles. The van der Waals surface area contributed by atoms with Crippen LogP contribution < -0.4 is 9.80 Å². The SMILES string of the molecule is Cc1cc(N2CCN(c3ccc(Cl)cc3[N+](=O)[O-])CC2)n2ncnc2n1. The van der Waals surface area contributed by atoms with Crippen LogP contribution in [-0.4, -0.2) is 50.7 Å². The number of hydrogen-bond donors (Lipinski definition) is 0. The summed E-state index contributed by atoms with van der Waals surface area (Å²) >= 11 is 5.91. The molecule has 0 N–H and O–H groups in total. The molecule has 26 heavy (non-hydrogen) atoms. The molecule has 0 aliphatic carbocycles. The molecule has 0 bridgehead atoms. The van der Waals surface area contributed by atoms with Gasteiger partial charge in [-0.1, -0.05) is 11.6 Å². The summed E-state index contributed by atoms with van der Waals surface area (Å²) < 4.78 is 1.72. The molecule has 0 saturated carbocycles. The monoisotopic (exact) mass is 373 g/mol. The minimum Gasteiger partial charge on any atom is -0.362 e. The fourth-order valence-corrected chi connectivity index (χ4v) is 3.39. The fraction of sp³-hybridized carbons (Fsp3) is 0.312. The summed E-state index contributed by atoms with van der Waals surface area (Å²) in [4.78, 5) is 23.7. The first kappa shape index (κ1) is 16.5. The van der Waals surface area contributed by atoms with Crippen molar-refractivity contribution in [1.82, 2.24) is 19.6 Å². The smallest absolute Gasteiger partial charge is 0.294 e. The fourth-order valence-electron chi connectivity index (χ4n) is 3.22. The lowest BCUT2D eigenvalue weighted by atomic mass is 10.2. The van der Waals surface area contributed by atoms with Crippen molar-refractivity contribution in [2.24, 2.45) is 0 Å². The van der Waals surface area contributed by atoms with Crippen molar-refractivity contribution in [2.45, 2.75) is 6.92 Å². The van der Waals surface area contributed by atoms with E-state index in [2.05, 4.69) is 20.0 Å². The summed E-state index contributed by atoms with van der Waals surface area (Å²) in [5.41, 5.74) is 1.50. The molecule has 1 fully saturated rings. The van der Waals surface area contributed by atoms with E-state index in [0.29, 0.717) is 42.7 Å². The molecule has 3 aromatic rings. The number of hydrogen-bond acceptors (Lipinski definition) is 7. The first-order valence-electron chi connectivity index (χ1n) is 8.14. The van der Waals surface area contributed by atoms with E-state index in [-0.39, 0.29) is 5.69 Å². The standard InChI is InChI=1S/C16H16ClN7O2/c1-11-8-15(23-16(20-11)18-10-19-23)22-6-4-21(5-7-22)13-3-2-12(17)9-14(13)24(25)26/h2-3,8-10H,4-7H2,1H3. The summed E-state index contributed by atoms with van der Waals surface area (Å²) in [5, 5.41) is 15.9. The Morgan fingerprint density at radius 3 is 2.62 bits per heavy atom. The van der Waals surface area contributed by atoms with Gasteiger partial charge < -0.3 is 9.80 Å². The van der Waals surface area contributed by atoms with Gasteiger partial charge in [0.25, 0.3) is 11.5 Å². The first-order valence-corrected chi connectivity index (χ1v) is 8.52. The highest BCUT2D eigenvalue weighted by Gasteiger charge is 2.25. The zero-order valence-corrected chi connectivity index (χ0v) is 14.8. The molecule has 1 aliphatic heterocycles. The Kier molecular flexibility index (Phi) is 4.08. The van der Waals surface area contributed by atoms with Gasteiger partial charge in [0.2, 0.25) is 0 Å². The maximum atomic E-state index is 11.3. The number of nitro benzene ring substituents is 1. The quantitative estimate of drug-likeness (QED) is 0.513. The van der Waals surface area contributed by atoms with Crippen LogP contribution >= 0.6 is 11.6 Å². The summed E-state index contributed by atoms with van der Waals surface area (Å²) in [6.07, 6.45) is 1.48. The first-order chi connectivity index (χ1) is 12.5. The highest BCUT2D eigenvalue weighted by molar-refractivity contribution is 6.30. The van der Waals surface area contributed by atoms with Crippen molar-refractivity contribution in [3.63, 3.8) is 0 Å². The molecule has 1 aromatic carbocycles. The Bertz CT molecular complexity index is 982. The molecule has 9 nitrogen and oxygen atoms in total. The van der Waals surface area contributed by atoms with E-state index in [9.17, 15) is 10.1 Å². The molecule has 4 rings (SSSR count). The highest BCUT2D eigenvalue weighted by Crippen LogP contribution is 2.32. The van der Waals surface area contributed by atoms with Crippen LogP contribution in [0.5, 0.6) is 0 Å². The van der Waals surface area contributed by atoms with Crippen LogP contribution in [0.3, 0.4) is 0 Å². The average molecular weight is 374 g/mol. The largest absolute Gasteiger partial charge is 0.362 e. The number of halogens is 1. The second-order valence-electron chi connectivity index (χ2n) is 6.09. The zero-order valence-electron chi connectivity index (χ0n) is 14.0. The van der Waals surface area contributed by atoms with Gasteiger partial charge in [-0.25, -0.2) is 4.98 Å². The predicted molar refractivity (Wildman–Crippen MR) is 98.1 cm³/mol. The van der Waals surface area contributed by atoms with Crippen LogP contribution in [0, 0.1) is 17.0 Å². The lowest BCUT2D eigenvalue weighted by molar-refractivity contribution is -0.384. The summed E-state index contributed by atoms with van der Waals surface area (Å²) in [7, 11) is 0. The predicted octanol–water partition coefficient (Wildman–Crippen LogP) is 2.32. The third-order valence-electron chi connectivity index (χ3n) is 4.44. The van der Waals surface area contributed by atoms with E-state index in [4.69, 9.17) is 11.6 Å². The molecule has 134 valence electrons. The van der Waals surface area contributed by atoms with Crippen LogP contribution in [0.25, 0.3) is 5.78 Å². The Hall–Kier alpha value is -2.94. The molecule has 2 aromatic heterocycles. The molecule has 0 spiro atoms. The second-order valence-corrected chi connectivity index (χ2v) is 6.53. The molecular formula is C16H16ClN7O2. The molecule has 1 aliphatic rings. The summed E-state index contributed by atoms with van der Waals surface area (Å²) in [6, 6.07) is 6.76. The minimum absolute atomic E-state index is 0.0318. The van der Waals surface area contributed by atoms with E-state index >= 15 is 0 Å². The van der Waals surface area contributed by atoms with Crippen molar-refractivity contribution in [2.75, 3.05) is 36.0 Å². The maximum absolute atomic E-state index is 11.3. The van der Waals surface area contributed by atoms with Gasteiger partial charge in [0.05, 0.1) is 4.92 Å². The van der Waals surface area contributed by atoms with E-state index in [1.807, 2.05) is 17.9 Å². The van der Waals surface area contributed by atoms with E-state index in [1.54, 1.807) is 16.6 Å². The van der Waals surface area contributed by atoms with Crippen molar-refractivity contribution in [3.05, 3.63) is 51.4 Å². The minimum atomic E-state index is -0.390. The molecule has 0 amide bonds. The van der Waals surface area contributed by atoms with Gasteiger partial charge >= 0.3 is 0 Å². The highest BCUT2D eigenvalue weighted by atomic mass is 35.5. The van der Waals surface area contributed by atoms with Crippen molar-refractivity contribution >= 4 is 34.6 Å². The lowest BCUT2D eigenvalue weighted by Crippen LogP contribution is -2.47. The van der Waals surface area contributed by atoms with Gasteiger partial charge in [-0.3, -0.25) is 10.1 Å². The molecule has 0 radical (unpaired) electrons. The van der Waals surface area contributed by atoms with E-state index < -0.39 is 4.92 Å². The van der Waals surface area contributed by atoms with Gasteiger partial charge in [-0.15, -0.1) is 0 Å². The third-order valence-corrected chi connectivity index (χ3v) is 4.67. The molecule has 3 heterocycles. The Morgan fingerprint density at radius 2 is 1.88 bits per heavy atom. The number of piperazine rings is 1. The second kappa shape index (κ2) is 6.41. The maximum Gasteiger partial charge on any atom is 0.294 e. The number of aryl methyl sites for hydroxylation is 1. The zero-order chi connectivity index (χ0) is 18.3. The van der Waals surface area contributed by atoms with E-state index in [1.165, 1.54) is 12.4 Å². The number of anilines is 2. The molecule has 0 unspecified atom stereocenters. The van der Waals surface area contributed by atoms with Crippen LogP contribution in [0.1, 0.15) is 5.69 Å². The van der Waals surface area contributed by atoms with Crippen LogP contribution in [0.2, 0.25) is 5.02 Å². The van der Waals surface area contributed by atoms with Gasteiger partial charge in [0, 0.05) is 49.0 Å². The Balaban J connectivity index is 1.58. The van der Waals surface area contributed by atoms with Gasteiger partial charge in [-0.05, 0) is 19.1 Å². The van der Waals surface area contributed by atoms with Gasteiger partial charge in [-0.2, -0.15) is 14.6 Å². The Morgan fingerprint density at radius 1 is 1.15 bits per heavy atom. The van der Waals surface area contributed by atoms with Crippen LogP contribution in [0.15, 0.2) is 30.6 Å². The summed E-state index contributed by atoms with van der Waals surface area (Å²) in [6.45, 7) is 4.64. The van der Waals surface area contributed by atoms with Crippen molar-refractivity contribution < 1.29 is 4.92 Å². The molecule has 0 atom stereocenters. The number of benzene rings is 1. The number of rotatable bonds is 3. The average Bonchev–Trinajstić information content (AvgIpc) is 3.09. The van der Waals surface area contributed by atoms with E-state index in [0.717, 1.165) is 11.5 Å². The van der Waals surface area contributed by atoms with Crippen molar-refractivity contribution in [3.8, 4) is 0 Å². The van der Waals surface area contributed by atoms with Gasteiger partial charge in [0.15, 0.2) is 0 Å². The third kappa shape index (κ3) is 2.90. The van der Waals surface area contributed by atoms with Crippen LogP contribution in [0.4, 0.5) is 17.2 Å². The Labute approximate surface area is 154 Å². The molecule has 10 heteroatoms. The van der Waals surface area contributed by atoms with Crippen molar-refractivity contribution in [1.29, 1.82) is 0 Å². The topological polar surface area (TPSA) is 92.7 Å².